The SMILES string of the molecule is COC=CCF. The first kappa shape index (κ1) is 5.47. The molecule has 0 N–H and O–H groups in total. The molecule has 0 spiro atoms. The van der Waals surface area contributed by atoms with Crippen molar-refractivity contribution in [3.05, 3.63) is 12.3 Å². The van der Waals surface area contributed by atoms with E-state index in [1.54, 1.807) is 0 Å². The van der Waals surface area contributed by atoms with Crippen molar-refractivity contribution in [1.29, 1.82) is 0 Å². The van der Waals surface area contributed by atoms with Gasteiger partial charge in [0, 0.05) is 0 Å². The van der Waals surface area contributed by atoms with E-state index in [1.807, 2.05) is 0 Å². The topological polar surface area (TPSA) is 9.23 Å². The Balaban J connectivity index is 2.73. The van der Waals surface area contributed by atoms with E-state index >= 15 is 0 Å². The van der Waals surface area contributed by atoms with Crippen LogP contribution in [0.25, 0.3) is 0 Å². The van der Waals surface area contributed by atoms with E-state index in [4.69, 9.17) is 0 Å². The van der Waals surface area contributed by atoms with Crippen molar-refractivity contribution >= 4 is 0 Å². The van der Waals surface area contributed by atoms with Gasteiger partial charge in [0.15, 0.2) is 0 Å². The average Bonchev–Trinajstić information content (AvgIpc) is 1.61. The highest BCUT2D eigenvalue weighted by Crippen LogP contribution is 1.71. The van der Waals surface area contributed by atoms with Crippen LogP contribution >= 0.6 is 0 Å². The van der Waals surface area contributed by atoms with Crippen LogP contribution in [0.5, 0.6) is 0 Å². The molecule has 0 aromatic heterocycles. The number of allylic oxidation sites excluding steroid dienone is 1. The maximum absolute atomic E-state index is 11.0. The molecule has 0 rings (SSSR count). The molecule has 0 unspecified atom stereocenters. The van der Waals surface area contributed by atoms with Gasteiger partial charge < -0.3 is 4.74 Å². The number of rotatable bonds is 2. The normalized spacial score (nSPS) is 9.67. The number of ether oxygens (including phenoxy) is 1. The summed E-state index contributed by atoms with van der Waals surface area (Å²) in [5.74, 6) is 0. The van der Waals surface area contributed by atoms with Gasteiger partial charge in [0.2, 0.25) is 0 Å². The maximum Gasteiger partial charge on any atom is 0.111 e. The molecule has 1 nitrogen and oxygen atoms in total. The van der Waals surface area contributed by atoms with Gasteiger partial charge in [-0.1, -0.05) is 0 Å². The van der Waals surface area contributed by atoms with Crippen LogP contribution in [0.3, 0.4) is 0 Å². The summed E-state index contributed by atoms with van der Waals surface area (Å²) in [6.45, 7) is -0.451. The molecule has 0 aromatic carbocycles. The second kappa shape index (κ2) is 4.47. The number of methoxy groups -OCH3 is 1. The Labute approximate surface area is 36.4 Å². The standard InChI is InChI=1S/C4H7FO/c1-6-4-2-3-5/h2,4H,3H2,1H3. The highest BCUT2D eigenvalue weighted by molar-refractivity contribution is 4.70. The molecule has 36 valence electrons. The molecule has 0 heterocycles. The van der Waals surface area contributed by atoms with Crippen molar-refractivity contribution in [2.24, 2.45) is 0 Å². The van der Waals surface area contributed by atoms with Gasteiger partial charge in [-0.3, -0.25) is 0 Å². The van der Waals surface area contributed by atoms with Crippen molar-refractivity contribution in [2.45, 2.75) is 0 Å². The van der Waals surface area contributed by atoms with E-state index in [1.165, 1.54) is 19.4 Å². The molecule has 0 saturated carbocycles. The number of halogens is 1. The van der Waals surface area contributed by atoms with Gasteiger partial charge in [-0.15, -0.1) is 0 Å². The molecule has 2 heteroatoms. The predicted molar refractivity (Wildman–Crippen MR) is 22.1 cm³/mol. The van der Waals surface area contributed by atoms with Gasteiger partial charge in [-0.05, 0) is 6.08 Å². The summed E-state index contributed by atoms with van der Waals surface area (Å²) in [4.78, 5) is 0. The van der Waals surface area contributed by atoms with Gasteiger partial charge in [0.1, 0.15) is 6.67 Å². The molecule has 0 aliphatic heterocycles. The van der Waals surface area contributed by atoms with Gasteiger partial charge in [0.25, 0.3) is 0 Å². The van der Waals surface area contributed by atoms with Crippen molar-refractivity contribution < 1.29 is 9.13 Å². The van der Waals surface area contributed by atoms with Gasteiger partial charge in [-0.25, -0.2) is 4.39 Å². The van der Waals surface area contributed by atoms with E-state index in [0.717, 1.165) is 0 Å². The Bertz CT molecular complexity index is 36.8. The molecule has 0 aliphatic carbocycles. The first-order chi connectivity index (χ1) is 2.91. The number of alkyl halides is 1. The summed E-state index contributed by atoms with van der Waals surface area (Å²) < 4.78 is 15.4. The smallest absolute Gasteiger partial charge is 0.111 e. The largest absolute Gasteiger partial charge is 0.505 e. The summed E-state index contributed by atoms with van der Waals surface area (Å²) in [6, 6.07) is 0. The summed E-state index contributed by atoms with van der Waals surface area (Å²) >= 11 is 0. The van der Waals surface area contributed by atoms with E-state index in [0.29, 0.717) is 0 Å². The van der Waals surface area contributed by atoms with Crippen LogP contribution in [-0.2, 0) is 4.74 Å². The van der Waals surface area contributed by atoms with Gasteiger partial charge >= 0.3 is 0 Å². The average molecular weight is 90.1 g/mol. The fraction of sp³-hybridized carbons (Fsp3) is 0.500. The molecule has 0 saturated heterocycles. The highest BCUT2D eigenvalue weighted by atomic mass is 19.1. The first-order valence-corrected chi connectivity index (χ1v) is 1.65. The van der Waals surface area contributed by atoms with Crippen LogP contribution < -0.4 is 0 Å². The maximum atomic E-state index is 11.0. The Hall–Kier alpha value is -0.530. The molecule has 0 amide bonds. The zero-order valence-electron chi connectivity index (χ0n) is 3.65. The van der Waals surface area contributed by atoms with Crippen molar-refractivity contribution in [3.8, 4) is 0 Å². The molecule has 0 atom stereocenters. The lowest BCUT2D eigenvalue weighted by Crippen LogP contribution is -1.64. The summed E-state index contributed by atoms with van der Waals surface area (Å²) in [6.07, 6.45) is 2.60. The Kier molecular flexibility index (Phi) is 4.08. The third kappa shape index (κ3) is 3.47. The monoisotopic (exact) mass is 90.0 g/mol. The molecular weight excluding hydrogens is 83.0 g/mol. The van der Waals surface area contributed by atoms with Crippen molar-refractivity contribution in [2.75, 3.05) is 13.8 Å². The van der Waals surface area contributed by atoms with Gasteiger partial charge in [-0.2, -0.15) is 0 Å². The Morgan fingerprint density at radius 1 is 1.83 bits per heavy atom. The molecule has 0 radical (unpaired) electrons. The molecular formula is C4H7FO. The molecule has 6 heavy (non-hydrogen) atoms. The lowest BCUT2D eigenvalue weighted by Gasteiger charge is -1.78. The lowest BCUT2D eigenvalue weighted by molar-refractivity contribution is 0.334. The fourth-order valence-electron chi connectivity index (χ4n) is 0.133. The zero-order valence-corrected chi connectivity index (χ0v) is 3.65. The van der Waals surface area contributed by atoms with E-state index in [9.17, 15) is 4.39 Å². The van der Waals surface area contributed by atoms with Gasteiger partial charge in [0.05, 0.1) is 13.4 Å². The second-order valence-corrected chi connectivity index (χ2v) is 0.762. The molecule has 0 aromatic rings. The van der Waals surface area contributed by atoms with Crippen molar-refractivity contribution in [3.63, 3.8) is 0 Å². The highest BCUT2D eigenvalue weighted by Gasteiger charge is 1.61. The van der Waals surface area contributed by atoms with Crippen LogP contribution in [0.1, 0.15) is 0 Å². The minimum Gasteiger partial charge on any atom is -0.505 e. The minimum atomic E-state index is -0.451. The zero-order chi connectivity index (χ0) is 4.83. The Morgan fingerprint density at radius 3 is 2.67 bits per heavy atom. The lowest BCUT2D eigenvalue weighted by atomic mass is 10.7. The summed E-state index contributed by atoms with van der Waals surface area (Å²) in [5.41, 5.74) is 0. The Morgan fingerprint density at radius 2 is 2.50 bits per heavy atom. The second-order valence-electron chi connectivity index (χ2n) is 0.762. The minimum absolute atomic E-state index is 0.451. The van der Waals surface area contributed by atoms with Crippen LogP contribution in [0.2, 0.25) is 0 Å². The van der Waals surface area contributed by atoms with Crippen LogP contribution in [0, 0.1) is 0 Å². The summed E-state index contributed by atoms with van der Waals surface area (Å²) in [7, 11) is 1.48. The molecule has 0 bridgehead atoms. The number of hydrogen-bond donors (Lipinski definition) is 0. The van der Waals surface area contributed by atoms with E-state index in [-0.39, 0.29) is 0 Å². The summed E-state index contributed by atoms with van der Waals surface area (Å²) in [5, 5.41) is 0. The van der Waals surface area contributed by atoms with Crippen LogP contribution in [0.15, 0.2) is 12.3 Å². The number of hydrogen-bond acceptors (Lipinski definition) is 1. The first-order valence-electron chi connectivity index (χ1n) is 1.65. The van der Waals surface area contributed by atoms with E-state index in [2.05, 4.69) is 4.74 Å². The fourth-order valence-corrected chi connectivity index (χ4v) is 0.133. The van der Waals surface area contributed by atoms with E-state index < -0.39 is 6.67 Å². The quantitative estimate of drug-likeness (QED) is 0.461. The molecule has 0 fully saturated rings. The predicted octanol–water partition coefficient (Wildman–Crippen LogP) is 1.12. The molecule has 0 aliphatic rings. The third-order valence-electron chi connectivity index (χ3n) is 0.321. The third-order valence-corrected chi connectivity index (χ3v) is 0.321. The van der Waals surface area contributed by atoms with Crippen LogP contribution in [-0.4, -0.2) is 13.8 Å². The van der Waals surface area contributed by atoms with Crippen LogP contribution in [0.4, 0.5) is 4.39 Å². The van der Waals surface area contributed by atoms with Crippen molar-refractivity contribution in [1.82, 2.24) is 0 Å².